The van der Waals surface area contributed by atoms with Crippen molar-refractivity contribution in [3.8, 4) is 35.2 Å². The smallest absolute Gasteiger partial charge is 0.302 e. The van der Waals surface area contributed by atoms with Crippen molar-refractivity contribution in [2.24, 2.45) is 96.5 Å². The van der Waals surface area contributed by atoms with Crippen molar-refractivity contribution in [2.75, 3.05) is 19.6 Å². The normalized spacial score (nSPS) is 51.3. The third-order valence-corrected chi connectivity index (χ3v) is 30.7. The van der Waals surface area contributed by atoms with Crippen LogP contribution in [0.2, 0.25) is 0 Å². The van der Waals surface area contributed by atoms with E-state index in [1.807, 2.05) is 10.8 Å². The third-order valence-electron chi connectivity index (χ3n) is 27.4. The van der Waals surface area contributed by atoms with Crippen molar-refractivity contribution in [2.45, 2.75) is 200 Å². The van der Waals surface area contributed by atoms with Gasteiger partial charge >= 0.3 is 5.97 Å². The number of nitrogens with one attached hydrogen (secondary N) is 3. The number of nitrogens with zero attached hydrogens (tertiary/aromatic N) is 1. The van der Waals surface area contributed by atoms with Gasteiger partial charge in [0.2, 0.25) is 0 Å². The molecule has 9 fully saturated rings. The van der Waals surface area contributed by atoms with Gasteiger partial charge in [-0.2, -0.15) is 0 Å². The Hall–Kier alpha value is -3.90. The van der Waals surface area contributed by atoms with E-state index in [1.54, 1.807) is 11.6 Å². The lowest BCUT2D eigenvalue weighted by Crippen LogP contribution is -2.89. The van der Waals surface area contributed by atoms with Crippen LogP contribution in [0.1, 0.15) is 153 Å². The summed E-state index contributed by atoms with van der Waals surface area (Å²) in [6.07, 6.45) is 32.2. The molecule has 15 bridgehead atoms. The molecule has 6 spiro atoms. The predicted molar refractivity (Wildman–Crippen MR) is 328 cm³/mol. The summed E-state index contributed by atoms with van der Waals surface area (Å²) in [5.74, 6) is 17.1. The Morgan fingerprint density at radius 3 is 2.72 bits per heavy atom. The second-order valence-electron chi connectivity index (χ2n) is 30.4. The lowest BCUT2D eigenvalue weighted by Gasteiger charge is -2.84. The minimum Gasteiger partial charge on any atom is -0.504 e. The number of carbonyl (C=O) groups excluding carboxylic acids is 1. The fourth-order valence-corrected chi connectivity index (χ4v) is 28.6. The minimum absolute atomic E-state index is 0.00547. The molecule has 0 unspecified atom stereocenters. The average Bonchev–Trinajstić information content (AvgIpc) is 1.54. The molecule has 15 heteroatoms. The summed E-state index contributed by atoms with van der Waals surface area (Å²) in [6.45, 7) is 3.44. The van der Waals surface area contributed by atoms with E-state index in [0.717, 1.165) is 0 Å². The molecular weight excluding hydrogens is 1100 g/mol. The Bertz CT molecular complexity index is 3290. The number of allylic oxidation sites excluding steroid dienone is 5. The van der Waals surface area contributed by atoms with Crippen molar-refractivity contribution in [1.82, 2.24) is 16.0 Å². The van der Waals surface area contributed by atoms with Gasteiger partial charge in [0.25, 0.3) is 0 Å². The molecule has 24 atom stereocenters. The number of fused-ring (bicyclic) bond motifs is 5. The highest BCUT2D eigenvalue weighted by molar-refractivity contribution is 8.77. The van der Waals surface area contributed by atoms with Gasteiger partial charge in [0.1, 0.15) is 12.2 Å². The molecular formula is C70H87N5O8S2. The predicted octanol–water partition coefficient (Wildman–Crippen LogP) is 8.45. The zero-order valence-electron chi connectivity index (χ0n) is 49.3. The number of aliphatic hydroxyl groups is 4. The lowest BCUT2D eigenvalue weighted by atomic mass is 9.21. The first-order valence-corrected chi connectivity index (χ1v) is 35.5. The number of nitrogens with two attached hydrogens (primary N) is 1. The van der Waals surface area contributed by atoms with Crippen molar-refractivity contribution >= 4 is 33.5 Å². The summed E-state index contributed by atoms with van der Waals surface area (Å²) < 4.78 is 13.2. The van der Waals surface area contributed by atoms with Gasteiger partial charge in [-0.15, -0.1) is 0 Å². The molecule has 1 saturated heterocycles. The maximum absolute atomic E-state index is 13.4. The molecule has 8 saturated carbocycles. The van der Waals surface area contributed by atoms with Gasteiger partial charge in [0.15, 0.2) is 23.7 Å². The molecule has 0 aromatic heterocycles. The van der Waals surface area contributed by atoms with E-state index in [1.165, 1.54) is 90.0 Å². The number of benzene rings is 1. The summed E-state index contributed by atoms with van der Waals surface area (Å²) >= 11 is 0. The number of guanidine groups is 1. The van der Waals surface area contributed by atoms with Crippen LogP contribution >= 0.6 is 21.6 Å². The van der Waals surface area contributed by atoms with Gasteiger partial charge in [-0.05, 0) is 191 Å². The lowest BCUT2D eigenvalue weighted by molar-refractivity contribution is -0.281. The number of carbonyl (C=O) groups is 1. The number of piperidine rings is 1. The monoisotopic (exact) mass is 1190 g/mol. The van der Waals surface area contributed by atoms with Crippen LogP contribution in [0, 0.1) is 109 Å². The molecule has 10 N–H and O–H groups in total. The molecule has 17 aliphatic rings. The highest BCUT2D eigenvalue weighted by atomic mass is 33.1. The van der Waals surface area contributed by atoms with Crippen molar-refractivity contribution < 1.29 is 39.8 Å². The van der Waals surface area contributed by atoms with E-state index >= 15 is 0 Å². The van der Waals surface area contributed by atoms with Crippen LogP contribution in [0.3, 0.4) is 0 Å². The maximum Gasteiger partial charge on any atom is 0.302 e. The third kappa shape index (κ3) is 7.28. The largest absolute Gasteiger partial charge is 0.504 e. The Morgan fingerprint density at radius 1 is 0.929 bits per heavy atom. The van der Waals surface area contributed by atoms with Crippen LogP contribution in [0.25, 0.3) is 0 Å². The SMILES string of the molecule is CC(=O)O[C@H]1C[C@@H](O)CC[C@@]23C#C[C@@H]4C[C@@H]5C#C[C@H](CNC[C@@]6(C5)C[C@@H](CCN6)Oc5cc(c(C(O)O)cc5O)C[C@@H]41)SS[C@@H]1[C@H]4CC[C@@]56CCC7=C[C@@H]8CC[C@@]9%10CCC[C@@H]9C=C[C@@H]9[C@@]1(NC(N)=N[C@@H]2C=CC[C@H]3O)[C@]51[C@@H]7[C@H](C=C[C@@]1(CC6)C4)[C@@]89%10. The fraction of sp³-hybridized carbons (Fsp3) is 0.714. The molecule has 0 radical (unpaired) electrons. The zero-order chi connectivity index (χ0) is 57.7. The molecule has 1 aromatic carbocycles. The Morgan fingerprint density at radius 2 is 1.84 bits per heavy atom. The fourth-order valence-electron chi connectivity index (χ4n) is 25.1. The number of rotatable bonds is 2. The average molecular weight is 1190 g/mol. The Labute approximate surface area is 509 Å². The van der Waals surface area contributed by atoms with Crippen LogP contribution in [0.15, 0.2) is 65.2 Å². The molecule has 4 aliphatic heterocycles. The van der Waals surface area contributed by atoms with Gasteiger partial charge in [-0.3, -0.25) is 4.79 Å². The number of hydrogen-bond acceptors (Lipinski definition) is 15. The van der Waals surface area contributed by atoms with E-state index in [0.29, 0.717) is 99.3 Å². The first kappa shape index (κ1) is 55.2. The molecule has 13 aliphatic carbocycles. The summed E-state index contributed by atoms with van der Waals surface area (Å²) in [7, 11) is 4.16. The van der Waals surface area contributed by atoms with Crippen molar-refractivity contribution in [1.29, 1.82) is 0 Å². The van der Waals surface area contributed by atoms with E-state index in [2.05, 4.69) is 93.0 Å². The van der Waals surface area contributed by atoms with Gasteiger partial charge in [0, 0.05) is 78.3 Å². The summed E-state index contributed by atoms with van der Waals surface area (Å²) in [5, 5.41) is 72.1. The molecule has 18 rings (SSSR count). The van der Waals surface area contributed by atoms with E-state index in [-0.39, 0.29) is 91.8 Å². The number of esters is 1. The second kappa shape index (κ2) is 19.3. The summed E-state index contributed by atoms with van der Waals surface area (Å²) in [6, 6.07) is 2.44. The van der Waals surface area contributed by atoms with Gasteiger partial charge in [-0.25, -0.2) is 4.99 Å². The highest BCUT2D eigenvalue weighted by Gasteiger charge is 2.92. The quantitative estimate of drug-likeness (QED) is 0.0448. The van der Waals surface area contributed by atoms with Gasteiger partial charge in [0.05, 0.1) is 34.5 Å². The van der Waals surface area contributed by atoms with E-state index in [4.69, 9.17) is 20.2 Å². The number of aliphatic imine (C=N–C) groups is 1. The number of aromatic hydroxyl groups is 1. The number of phenols is 1. The minimum atomic E-state index is -1.94. The van der Waals surface area contributed by atoms with Crippen LogP contribution in [-0.4, -0.2) is 109 Å². The van der Waals surface area contributed by atoms with Gasteiger partial charge in [-0.1, -0.05) is 99.8 Å². The number of phenolic OH excluding ortho intramolecular Hbond substituents is 1. The molecule has 452 valence electrons. The number of aliphatic hydroxyl groups excluding tert-OH is 3. The first-order chi connectivity index (χ1) is 41.1. The van der Waals surface area contributed by atoms with Crippen molar-refractivity contribution in [3.05, 3.63) is 71.4 Å². The summed E-state index contributed by atoms with van der Waals surface area (Å²) in [4.78, 5) is 19.3. The van der Waals surface area contributed by atoms with E-state index in [9.17, 15) is 30.3 Å². The Balaban J connectivity index is 0.907. The van der Waals surface area contributed by atoms with Crippen LogP contribution in [0.4, 0.5) is 0 Å². The number of hydrogen-bond donors (Lipinski definition) is 9. The second-order valence-corrected chi connectivity index (χ2v) is 33.0. The molecule has 0 amide bonds. The van der Waals surface area contributed by atoms with E-state index < -0.39 is 64.9 Å². The first-order valence-electron chi connectivity index (χ1n) is 33.2. The van der Waals surface area contributed by atoms with Crippen molar-refractivity contribution in [3.63, 3.8) is 0 Å². The molecule has 4 heterocycles. The van der Waals surface area contributed by atoms with Crippen LogP contribution < -0.4 is 26.4 Å². The topological polar surface area (TPSA) is 211 Å². The Kier molecular flexibility index (Phi) is 12.5. The molecule has 13 nitrogen and oxygen atoms in total. The molecule has 85 heavy (non-hydrogen) atoms. The van der Waals surface area contributed by atoms with Gasteiger partial charge < -0.3 is 56.7 Å². The number of ether oxygens (including phenoxy) is 2. The molecule has 1 aromatic rings. The highest BCUT2D eigenvalue weighted by Crippen LogP contribution is 2.94. The summed E-state index contributed by atoms with van der Waals surface area (Å²) in [5.41, 5.74) is 8.59. The standard InChI is InChI=1S/C70H87N5O8S2/c1-39(76)82-54-32-47(77)15-23-66-22-13-41-28-40-7-9-49(37-72-38-65(34-40)36-48(17-27-73-65)83-55-31-44(30-50(41)54)51(61(80)81)33-53(55)78)84-85-60-43-12-20-63-19-11-42-29-46-14-24-67-18-3-4-45(67)8-10-56-68(46,67)52-16-21-64(35-43,26-25-63)70(63,59(42)52)69(56,60)75-62(71)74-57(66)5-2-6-58(66)79/h2,5,8,10,16,21,29,31,33,40-41,43,45-50,52,54,56-61,72-73,77-81H,3-4,6,11-12,14-15,17-20,23-28,30,32,34-38H2,1H3,(H3,71,74,75)/t40-,41+,43-,45+,46-,47-,48+,49+,50-,52-,54-,56-,57+,58+,59-,60+,63+,64+,65+,66-,67-,68-,69-,70+/m0/s1. The maximum atomic E-state index is 13.4. The van der Waals surface area contributed by atoms with Crippen LogP contribution in [-0.2, 0) is 16.0 Å². The van der Waals surface area contributed by atoms with Crippen LogP contribution in [0.5, 0.6) is 11.5 Å². The zero-order valence-corrected chi connectivity index (χ0v) is 50.9.